The van der Waals surface area contributed by atoms with Crippen LogP contribution in [0.2, 0.25) is 0 Å². The van der Waals surface area contributed by atoms with E-state index >= 15 is 0 Å². The maximum absolute atomic E-state index is 14.3. The molecule has 0 unspecified atom stereocenters. The molecule has 0 N–H and O–H groups in total. The minimum Gasteiger partial charge on any atom is -0.493 e. The quantitative estimate of drug-likeness (QED) is 0.645. The van der Waals surface area contributed by atoms with Crippen molar-refractivity contribution >= 4 is 5.91 Å². The molecule has 0 saturated carbocycles. The Kier molecular flexibility index (Phi) is 5.46. The fraction of sp³-hybridized carbons (Fsp3) is 0.261. The number of fused-ring (bicyclic) bond motifs is 1. The number of amides is 1. The summed E-state index contributed by atoms with van der Waals surface area (Å²) in [5, 5.41) is 4.22. The van der Waals surface area contributed by atoms with Crippen molar-refractivity contribution in [3.8, 4) is 17.2 Å². The first-order valence-corrected chi connectivity index (χ1v) is 9.82. The van der Waals surface area contributed by atoms with E-state index in [1.807, 2.05) is 12.1 Å². The van der Waals surface area contributed by atoms with Crippen LogP contribution in [0, 0.1) is 12.7 Å². The van der Waals surface area contributed by atoms with Gasteiger partial charge in [0.05, 0.1) is 14.2 Å². The summed E-state index contributed by atoms with van der Waals surface area (Å²) in [6.45, 7) is 2.38. The van der Waals surface area contributed by atoms with Crippen LogP contribution < -0.4 is 14.9 Å². The first-order valence-electron chi connectivity index (χ1n) is 9.82. The van der Waals surface area contributed by atoms with Crippen molar-refractivity contribution in [1.82, 2.24) is 14.7 Å². The van der Waals surface area contributed by atoms with Gasteiger partial charge >= 0.3 is 0 Å². The zero-order valence-corrected chi connectivity index (χ0v) is 17.5. The number of methoxy groups -OCH3 is 2. The Labute approximate surface area is 178 Å². The first-order chi connectivity index (χ1) is 14.9. The lowest BCUT2D eigenvalue weighted by molar-refractivity contribution is 0.0725. The number of carbonyl (C=O) groups is 1. The zero-order chi connectivity index (χ0) is 22.1. The summed E-state index contributed by atoms with van der Waals surface area (Å²) in [6, 6.07) is 11.1. The number of rotatable bonds is 4. The van der Waals surface area contributed by atoms with Crippen molar-refractivity contribution in [2.24, 2.45) is 0 Å². The Morgan fingerprint density at radius 2 is 1.74 bits per heavy atom. The highest BCUT2D eigenvalue weighted by Gasteiger charge is 2.27. The molecular weight excluding hydrogens is 401 g/mol. The summed E-state index contributed by atoms with van der Waals surface area (Å²) in [5.41, 5.74) is 1.86. The average molecular weight is 423 g/mol. The Balaban J connectivity index is 1.69. The predicted molar refractivity (Wildman–Crippen MR) is 113 cm³/mol. The Bertz CT molecular complexity index is 1220. The van der Waals surface area contributed by atoms with Crippen molar-refractivity contribution in [2.45, 2.75) is 19.9 Å². The molecule has 2 aromatic carbocycles. The number of nitrogens with zero attached hydrogens (tertiary/aromatic N) is 3. The van der Waals surface area contributed by atoms with Crippen LogP contribution in [0.3, 0.4) is 0 Å². The summed E-state index contributed by atoms with van der Waals surface area (Å²) >= 11 is 0. The van der Waals surface area contributed by atoms with Gasteiger partial charge in [-0.3, -0.25) is 9.59 Å². The summed E-state index contributed by atoms with van der Waals surface area (Å²) in [6.07, 6.45) is 0.606. The molecule has 0 saturated heterocycles. The molecular formula is C23H22FN3O4. The van der Waals surface area contributed by atoms with Crippen LogP contribution in [0.1, 0.15) is 27.3 Å². The molecule has 1 aromatic heterocycles. The van der Waals surface area contributed by atoms with Gasteiger partial charge < -0.3 is 14.4 Å². The average Bonchev–Trinajstić information content (AvgIpc) is 2.78. The number of carbonyl (C=O) groups excluding carboxylic acids is 1. The maximum Gasteiger partial charge on any atom is 0.278 e. The van der Waals surface area contributed by atoms with Crippen LogP contribution in [0.25, 0.3) is 5.69 Å². The minimum absolute atomic E-state index is 0.176. The predicted octanol–water partition coefficient (Wildman–Crippen LogP) is 2.90. The van der Waals surface area contributed by atoms with Gasteiger partial charge in [0, 0.05) is 24.8 Å². The van der Waals surface area contributed by atoms with Gasteiger partial charge in [0.15, 0.2) is 17.2 Å². The van der Waals surface area contributed by atoms with Gasteiger partial charge in [-0.05, 0) is 48.7 Å². The topological polar surface area (TPSA) is 73.7 Å². The molecule has 8 heteroatoms. The summed E-state index contributed by atoms with van der Waals surface area (Å²) < 4.78 is 26.3. The summed E-state index contributed by atoms with van der Waals surface area (Å²) in [7, 11) is 3.13. The molecule has 2 heterocycles. The number of halogens is 1. The summed E-state index contributed by atoms with van der Waals surface area (Å²) in [5.74, 6) is 0.225. The normalized spacial score (nSPS) is 13.0. The van der Waals surface area contributed by atoms with Crippen molar-refractivity contribution in [2.75, 3.05) is 20.8 Å². The van der Waals surface area contributed by atoms with Gasteiger partial charge in [0.1, 0.15) is 11.5 Å². The molecule has 0 aliphatic carbocycles. The highest BCUT2D eigenvalue weighted by Crippen LogP contribution is 2.33. The van der Waals surface area contributed by atoms with E-state index in [1.165, 1.54) is 16.8 Å². The Hall–Kier alpha value is -3.68. The van der Waals surface area contributed by atoms with Crippen LogP contribution in [0.15, 0.2) is 47.3 Å². The van der Waals surface area contributed by atoms with Gasteiger partial charge in [-0.1, -0.05) is 12.1 Å². The second kappa shape index (κ2) is 8.22. The van der Waals surface area contributed by atoms with E-state index in [0.717, 1.165) is 11.1 Å². The fourth-order valence-corrected chi connectivity index (χ4v) is 3.77. The molecule has 7 nitrogen and oxygen atoms in total. The van der Waals surface area contributed by atoms with Crippen LogP contribution in [0.4, 0.5) is 4.39 Å². The third-order valence-electron chi connectivity index (χ3n) is 5.40. The number of hydrogen-bond acceptors (Lipinski definition) is 5. The number of benzene rings is 2. The molecule has 1 aliphatic heterocycles. The van der Waals surface area contributed by atoms with Gasteiger partial charge in [-0.25, -0.2) is 9.07 Å². The lowest BCUT2D eigenvalue weighted by Gasteiger charge is -2.29. The van der Waals surface area contributed by atoms with E-state index < -0.39 is 17.2 Å². The molecule has 1 aliphatic rings. The van der Waals surface area contributed by atoms with Crippen LogP contribution in [-0.2, 0) is 13.0 Å². The third kappa shape index (κ3) is 3.76. The number of aromatic nitrogens is 2. The zero-order valence-electron chi connectivity index (χ0n) is 17.5. The van der Waals surface area contributed by atoms with Crippen molar-refractivity contribution in [3.63, 3.8) is 0 Å². The number of hydrogen-bond donors (Lipinski definition) is 0. The van der Waals surface area contributed by atoms with E-state index in [4.69, 9.17) is 9.47 Å². The molecule has 0 bridgehead atoms. The van der Waals surface area contributed by atoms with Gasteiger partial charge in [-0.15, -0.1) is 0 Å². The third-order valence-corrected chi connectivity index (χ3v) is 5.40. The number of aryl methyl sites for hydroxylation is 1. The minimum atomic E-state index is -0.493. The van der Waals surface area contributed by atoms with E-state index in [-0.39, 0.29) is 11.4 Å². The molecule has 0 spiro atoms. The maximum atomic E-state index is 14.3. The SMILES string of the molecule is COc1cc2c(cc1OC)CN(C(=O)c1nn(-c3ccccc3F)c(C)cc1=O)CC2. The molecule has 4 rings (SSSR count). The number of ether oxygens (including phenoxy) is 2. The Morgan fingerprint density at radius 3 is 2.42 bits per heavy atom. The van der Waals surface area contributed by atoms with Crippen LogP contribution >= 0.6 is 0 Å². The lowest BCUT2D eigenvalue weighted by Crippen LogP contribution is -2.39. The van der Waals surface area contributed by atoms with E-state index in [2.05, 4.69) is 5.10 Å². The monoisotopic (exact) mass is 423 g/mol. The molecule has 1 amide bonds. The van der Waals surface area contributed by atoms with E-state index in [0.29, 0.717) is 36.7 Å². The Morgan fingerprint density at radius 1 is 1.06 bits per heavy atom. The van der Waals surface area contributed by atoms with Crippen molar-refractivity contribution < 1.29 is 18.7 Å². The van der Waals surface area contributed by atoms with Gasteiger partial charge in [0.25, 0.3) is 5.91 Å². The molecule has 0 radical (unpaired) electrons. The highest BCUT2D eigenvalue weighted by molar-refractivity contribution is 5.92. The lowest BCUT2D eigenvalue weighted by atomic mass is 9.98. The van der Waals surface area contributed by atoms with Crippen molar-refractivity contribution in [1.29, 1.82) is 0 Å². The van der Waals surface area contributed by atoms with Gasteiger partial charge in [0.2, 0.25) is 5.43 Å². The second-order valence-electron chi connectivity index (χ2n) is 7.31. The molecule has 160 valence electrons. The second-order valence-corrected chi connectivity index (χ2v) is 7.31. The van der Waals surface area contributed by atoms with Crippen LogP contribution in [0.5, 0.6) is 11.5 Å². The standard InChI is InChI=1S/C23H22FN3O4/c1-14-10-19(28)22(25-27(14)18-7-5-4-6-17(18)24)23(29)26-9-8-15-11-20(30-2)21(31-3)12-16(15)13-26/h4-7,10-12H,8-9,13H2,1-3H3. The molecule has 31 heavy (non-hydrogen) atoms. The molecule has 0 fully saturated rings. The molecule has 0 atom stereocenters. The number of para-hydroxylation sites is 1. The first kappa shape index (κ1) is 20.6. The van der Waals surface area contributed by atoms with E-state index in [1.54, 1.807) is 44.2 Å². The highest BCUT2D eigenvalue weighted by atomic mass is 19.1. The largest absolute Gasteiger partial charge is 0.493 e. The molecule has 3 aromatic rings. The smallest absolute Gasteiger partial charge is 0.278 e. The van der Waals surface area contributed by atoms with Crippen LogP contribution in [-0.4, -0.2) is 41.4 Å². The van der Waals surface area contributed by atoms with Gasteiger partial charge in [-0.2, -0.15) is 5.10 Å². The van der Waals surface area contributed by atoms with Crippen molar-refractivity contribution in [3.05, 3.63) is 81.0 Å². The van der Waals surface area contributed by atoms with E-state index in [9.17, 15) is 14.0 Å². The summed E-state index contributed by atoms with van der Waals surface area (Å²) in [4.78, 5) is 27.3. The fourth-order valence-electron chi connectivity index (χ4n) is 3.77.